The van der Waals surface area contributed by atoms with Crippen LogP contribution in [0.4, 0.5) is 5.69 Å². The first kappa shape index (κ1) is 21.1. The van der Waals surface area contributed by atoms with Gasteiger partial charge in [-0.05, 0) is 49.7 Å². The molecule has 5 rings (SSSR count). The average Bonchev–Trinajstić information content (AvgIpc) is 3.31. The number of hydrogen-bond donors (Lipinski definition) is 0. The van der Waals surface area contributed by atoms with Crippen molar-refractivity contribution in [2.24, 2.45) is 0 Å². The second-order valence-electron chi connectivity index (χ2n) is 8.36. The molecule has 0 aromatic heterocycles. The van der Waals surface area contributed by atoms with Gasteiger partial charge in [0, 0.05) is 28.4 Å². The number of thioether (sulfide) groups is 1. The minimum absolute atomic E-state index is 0.0515. The van der Waals surface area contributed by atoms with Crippen LogP contribution >= 0.6 is 23.4 Å². The van der Waals surface area contributed by atoms with Crippen LogP contribution in [0.15, 0.2) is 66.7 Å². The van der Waals surface area contributed by atoms with Crippen molar-refractivity contribution in [2.75, 3.05) is 17.2 Å². The van der Waals surface area contributed by atoms with E-state index < -0.39 is 4.87 Å². The molecular weight excluding hydrogens is 440 g/mol. The number of carbonyl (C=O) groups excluding carboxylic acids is 2. The van der Waals surface area contributed by atoms with Gasteiger partial charge in [-0.3, -0.25) is 9.59 Å². The van der Waals surface area contributed by atoms with Crippen molar-refractivity contribution in [3.63, 3.8) is 0 Å². The molecule has 0 radical (unpaired) electrons. The molecule has 1 unspecified atom stereocenters. The van der Waals surface area contributed by atoms with Crippen molar-refractivity contribution in [1.82, 2.24) is 4.90 Å². The lowest BCUT2D eigenvalue weighted by atomic mass is 10.0. The van der Waals surface area contributed by atoms with Crippen LogP contribution in [-0.4, -0.2) is 29.0 Å². The maximum atomic E-state index is 14.1. The Kier molecular flexibility index (Phi) is 5.26. The summed E-state index contributed by atoms with van der Waals surface area (Å²) in [6.45, 7) is 5.06. The standard InChI is InChI=1S/C26H23ClN2O2S/c1-17-4-3-5-19(14-17)16-28-23-11-6-18(2)15-22(23)26(25(28)31)29(12-13-32-26)24(30)20-7-9-21(27)10-8-20/h3-11,14-15H,12-13,16H2,1-2H3. The van der Waals surface area contributed by atoms with Gasteiger partial charge in [0.1, 0.15) is 0 Å². The van der Waals surface area contributed by atoms with Crippen LogP contribution in [0.5, 0.6) is 0 Å². The Bertz CT molecular complexity index is 1230. The largest absolute Gasteiger partial charge is 0.311 e. The fourth-order valence-electron chi connectivity index (χ4n) is 4.63. The third-order valence-electron chi connectivity index (χ3n) is 6.11. The Hall–Kier alpha value is -2.76. The number of nitrogens with zero attached hydrogens (tertiary/aromatic N) is 2. The lowest BCUT2D eigenvalue weighted by Crippen LogP contribution is -2.50. The van der Waals surface area contributed by atoms with Crippen LogP contribution < -0.4 is 4.90 Å². The van der Waals surface area contributed by atoms with E-state index in [9.17, 15) is 9.59 Å². The van der Waals surface area contributed by atoms with Crippen LogP contribution in [0.25, 0.3) is 0 Å². The molecule has 1 atom stereocenters. The third-order valence-corrected chi connectivity index (χ3v) is 7.78. The van der Waals surface area contributed by atoms with E-state index in [1.807, 2.05) is 49.1 Å². The van der Waals surface area contributed by atoms with Crippen molar-refractivity contribution in [3.05, 3.63) is 99.6 Å². The number of benzene rings is 3. The molecule has 2 aliphatic rings. The summed E-state index contributed by atoms with van der Waals surface area (Å²) in [5, 5.41) is 0.578. The topological polar surface area (TPSA) is 40.6 Å². The highest BCUT2D eigenvalue weighted by Crippen LogP contribution is 2.55. The number of fused-ring (bicyclic) bond motifs is 2. The normalized spacial score (nSPS) is 19.7. The third kappa shape index (κ3) is 3.31. The molecule has 0 bridgehead atoms. The molecule has 3 aromatic rings. The van der Waals surface area contributed by atoms with E-state index in [1.54, 1.807) is 40.9 Å². The van der Waals surface area contributed by atoms with Gasteiger partial charge in [0.05, 0.1) is 12.2 Å². The Morgan fingerprint density at radius 1 is 1.03 bits per heavy atom. The van der Waals surface area contributed by atoms with Gasteiger partial charge in [-0.1, -0.05) is 59.1 Å². The number of anilines is 1. The predicted molar refractivity (Wildman–Crippen MR) is 130 cm³/mol. The molecule has 6 heteroatoms. The molecule has 4 nitrogen and oxygen atoms in total. The first-order chi connectivity index (χ1) is 15.4. The fraction of sp³-hybridized carbons (Fsp3) is 0.231. The Labute approximate surface area is 197 Å². The average molecular weight is 463 g/mol. The highest BCUT2D eigenvalue weighted by molar-refractivity contribution is 8.01. The van der Waals surface area contributed by atoms with Crippen LogP contribution in [-0.2, 0) is 16.2 Å². The van der Waals surface area contributed by atoms with Gasteiger partial charge in [0.2, 0.25) is 0 Å². The summed E-state index contributed by atoms with van der Waals surface area (Å²) >= 11 is 7.57. The molecule has 0 saturated carbocycles. The van der Waals surface area contributed by atoms with Crippen molar-refractivity contribution in [1.29, 1.82) is 0 Å². The minimum atomic E-state index is -1.04. The summed E-state index contributed by atoms with van der Waals surface area (Å²) in [6, 6.07) is 21.2. The van der Waals surface area contributed by atoms with E-state index in [0.29, 0.717) is 29.4 Å². The summed E-state index contributed by atoms with van der Waals surface area (Å²) in [4.78, 5) is 30.2. The molecule has 2 aliphatic heterocycles. The monoisotopic (exact) mass is 462 g/mol. The molecule has 0 N–H and O–H groups in total. The maximum absolute atomic E-state index is 14.1. The Morgan fingerprint density at radius 3 is 2.53 bits per heavy atom. The highest BCUT2D eigenvalue weighted by atomic mass is 35.5. The second-order valence-corrected chi connectivity index (χ2v) is 10.1. The zero-order valence-electron chi connectivity index (χ0n) is 18.0. The molecular formula is C26H23ClN2O2S. The molecule has 0 aliphatic carbocycles. The first-order valence-electron chi connectivity index (χ1n) is 10.6. The van der Waals surface area contributed by atoms with E-state index in [4.69, 9.17) is 11.6 Å². The number of rotatable bonds is 3. The first-order valence-corrected chi connectivity index (χ1v) is 12.0. The molecule has 2 amide bonds. The second kappa shape index (κ2) is 7.98. The van der Waals surface area contributed by atoms with E-state index in [2.05, 4.69) is 12.1 Å². The highest BCUT2D eigenvalue weighted by Gasteiger charge is 2.59. The van der Waals surface area contributed by atoms with Gasteiger partial charge in [0.25, 0.3) is 11.8 Å². The molecule has 162 valence electrons. The SMILES string of the molecule is Cc1cccc(CN2C(=O)C3(SCCN3C(=O)c3ccc(Cl)cc3)c3cc(C)ccc32)c1. The lowest BCUT2D eigenvalue weighted by Gasteiger charge is -2.33. The molecule has 1 fully saturated rings. The Balaban J connectivity index is 1.59. The smallest absolute Gasteiger partial charge is 0.268 e. The zero-order chi connectivity index (χ0) is 22.5. The van der Waals surface area contributed by atoms with Gasteiger partial charge in [-0.15, -0.1) is 11.8 Å². The number of hydrogen-bond acceptors (Lipinski definition) is 3. The van der Waals surface area contributed by atoms with Gasteiger partial charge < -0.3 is 9.80 Å². The van der Waals surface area contributed by atoms with E-state index >= 15 is 0 Å². The van der Waals surface area contributed by atoms with E-state index in [-0.39, 0.29) is 11.8 Å². The predicted octanol–water partition coefficient (Wildman–Crippen LogP) is 5.55. The van der Waals surface area contributed by atoms with E-state index in [1.165, 1.54) is 0 Å². The maximum Gasteiger partial charge on any atom is 0.268 e. The van der Waals surface area contributed by atoms with Gasteiger partial charge in [0.15, 0.2) is 4.87 Å². The summed E-state index contributed by atoms with van der Waals surface area (Å²) in [5.41, 5.74) is 5.61. The van der Waals surface area contributed by atoms with Gasteiger partial charge >= 0.3 is 0 Å². The van der Waals surface area contributed by atoms with Gasteiger partial charge in [-0.25, -0.2) is 0 Å². The summed E-state index contributed by atoms with van der Waals surface area (Å²) in [7, 11) is 0. The summed E-state index contributed by atoms with van der Waals surface area (Å²) < 4.78 is 0. The van der Waals surface area contributed by atoms with Crippen molar-refractivity contribution in [3.8, 4) is 0 Å². The molecule has 32 heavy (non-hydrogen) atoms. The van der Waals surface area contributed by atoms with Gasteiger partial charge in [-0.2, -0.15) is 0 Å². The molecule has 1 spiro atoms. The van der Waals surface area contributed by atoms with Crippen molar-refractivity contribution < 1.29 is 9.59 Å². The Morgan fingerprint density at radius 2 is 1.78 bits per heavy atom. The summed E-state index contributed by atoms with van der Waals surface area (Å²) in [5.74, 6) is 0.505. The van der Waals surface area contributed by atoms with Crippen LogP contribution in [0, 0.1) is 13.8 Å². The van der Waals surface area contributed by atoms with Crippen LogP contribution in [0.2, 0.25) is 5.02 Å². The summed E-state index contributed by atoms with van der Waals surface area (Å²) in [6.07, 6.45) is 0. The zero-order valence-corrected chi connectivity index (χ0v) is 19.5. The molecule has 1 saturated heterocycles. The molecule has 2 heterocycles. The number of amides is 2. The number of carbonyl (C=O) groups is 2. The molecule has 3 aromatic carbocycles. The van der Waals surface area contributed by atoms with E-state index in [0.717, 1.165) is 27.9 Å². The fourth-order valence-corrected chi connectivity index (χ4v) is 6.21. The van der Waals surface area contributed by atoms with Crippen LogP contribution in [0.1, 0.15) is 32.6 Å². The quantitative estimate of drug-likeness (QED) is 0.512. The number of aryl methyl sites for hydroxylation is 2. The van der Waals surface area contributed by atoms with Crippen molar-refractivity contribution in [2.45, 2.75) is 25.3 Å². The minimum Gasteiger partial charge on any atom is -0.311 e. The van der Waals surface area contributed by atoms with Crippen LogP contribution in [0.3, 0.4) is 0 Å². The van der Waals surface area contributed by atoms with Crippen molar-refractivity contribution >= 4 is 40.9 Å². The number of halogens is 1. The lowest BCUT2D eigenvalue weighted by molar-refractivity contribution is -0.123.